The third-order valence-electron chi connectivity index (χ3n) is 7.38. The van der Waals surface area contributed by atoms with Gasteiger partial charge < -0.3 is 10.1 Å². The minimum Gasteiger partial charge on any atom is -0.351 e. The number of hydrogen-bond acceptors (Lipinski definition) is 6. The first-order chi connectivity index (χ1) is 20.7. The van der Waals surface area contributed by atoms with E-state index >= 15 is 0 Å². The summed E-state index contributed by atoms with van der Waals surface area (Å²) in [6, 6.07) is -2.99. The topological polar surface area (TPSA) is 98.6 Å². The maximum Gasteiger partial charge on any atom is 0.345 e. The van der Waals surface area contributed by atoms with E-state index in [1.807, 2.05) is 0 Å². The van der Waals surface area contributed by atoms with E-state index in [1.54, 1.807) is 6.19 Å². The van der Waals surface area contributed by atoms with Crippen LogP contribution in [0.5, 0.6) is 0 Å². The van der Waals surface area contributed by atoms with Crippen molar-refractivity contribution < 1.29 is 55.7 Å². The summed E-state index contributed by atoms with van der Waals surface area (Å²) in [6.07, 6.45) is -0.332. The van der Waals surface area contributed by atoms with E-state index in [2.05, 4.69) is 15.0 Å². The van der Waals surface area contributed by atoms with E-state index in [9.17, 15) is 56.2 Å². The standard InChI is InChI=1S/C26H25F10N5O3S/c27-16-9-15(11-38-12-16)22(23(42)39-17-5-7-26(30,31)8-6-17)41(18-1-3-20(4-2-18)45(32,33,34,35)36)24(43)21-10-19(44-25(28)29)13-40(21)14-37/h1-4,9,11-12,17,19,21-22,25H,5-8,10,13H2,(H,39,42). The SMILES string of the molecule is N#CN1CC(OC(F)F)CC1C(=O)N(c1ccc(S(F)(F)(F)(F)F)cc1)C(C(=O)NC1CCC(F)(F)CC1)c1cncc(F)c1. The number of carbonyl (C=O) groups excluding carboxylic acids is 2. The Hall–Kier alpha value is -3.79. The number of alkyl halides is 4. The molecule has 3 unspecified atom stereocenters. The van der Waals surface area contributed by atoms with Crippen molar-refractivity contribution >= 4 is 27.7 Å². The summed E-state index contributed by atoms with van der Waals surface area (Å²) in [7, 11) is -10.2. The van der Waals surface area contributed by atoms with Crippen molar-refractivity contribution in [2.75, 3.05) is 11.4 Å². The van der Waals surface area contributed by atoms with Crippen LogP contribution in [0.4, 0.5) is 47.1 Å². The van der Waals surface area contributed by atoms with E-state index < -0.39 is 101 Å². The normalized spacial score (nSPS) is 22.7. The minimum absolute atomic E-state index is 0.0431. The number of nitrogens with zero attached hydrogens (tertiary/aromatic N) is 4. The summed E-state index contributed by atoms with van der Waals surface area (Å²) in [5, 5.41) is 12.1. The number of anilines is 1. The van der Waals surface area contributed by atoms with Gasteiger partial charge in [-0.2, -0.15) is 14.0 Å². The van der Waals surface area contributed by atoms with Crippen LogP contribution in [-0.2, 0) is 14.3 Å². The number of pyridine rings is 1. The maximum absolute atomic E-state index is 14.3. The minimum atomic E-state index is -10.2. The molecule has 4 rings (SSSR count). The highest BCUT2D eigenvalue weighted by atomic mass is 32.5. The van der Waals surface area contributed by atoms with Crippen molar-refractivity contribution in [1.29, 1.82) is 5.26 Å². The Morgan fingerprint density at radius 2 is 1.71 bits per heavy atom. The molecule has 19 heteroatoms. The second kappa shape index (κ2) is 11.5. The molecule has 248 valence electrons. The van der Waals surface area contributed by atoms with Crippen LogP contribution in [0, 0.1) is 17.3 Å². The molecule has 2 fully saturated rings. The highest BCUT2D eigenvalue weighted by Crippen LogP contribution is 3.02. The Labute approximate surface area is 249 Å². The number of nitriles is 1. The van der Waals surface area contributed by atoms with Gasteiger partial charge in [0.15, 0.2) is 6.19 Å². The molecule has 0 radical (unpaired) electrons. The van der Waals surface area contributed by atoms with E-state index in [1.165, 1.54) is 0 Å². The maximum atomic E-state index is 14.3. The first kappa shape index (κ1) is 34.1. The van der Waals surface area contributed by atoms with Crippen molar-refractivity contribution in [2.24, 2.45) is 0 Å². The van der Waals surface area contributed by atoms with Gasteiger partial charge in [-0.3, -0.25) is 24.4 Å². The Kier molecular flexibility index (Phi) is 8.74. The van der Waals surface area contributed by atoms with Gasteiger partial charge in [-0.25, -0.2) is 13.2 Å². The number of carbonyl (C=O) groups is 2. The third kappa shape index (κ3) is 8.28. The first-order valence-electron chi connectivity index (χ1n) is 13.2. The summed E-state index contributed by atoms with van der Waals surface area (Å²) < 4.78 is 139. The molecule has 0 spiro atoms. The second-order valence-corrected chi connectivity index (χ2v) is 13.1. The molecule has 2 amide bonds. The molecular weight excluding hydrogens is 652 g/mol. The van der Waals surface area contributed by atoms with Crippen LogP contribution in [-0.4, -0.2) is 59.0 Å². The monoisotopic (exact) mass is 677 g/mol. The Balaban J connectivity index is 1.82. The van der Waals surface area contributed by atoms with Gasteiger partial charge >= 0.3 is 16.8 Å². The molecule has 1 saturated carbocycles. The number of ether oxygens (including phenoxy) is 1. The lowest BCUT2D eigenvalue weighted by Crippen LogP contribution is -2.52. The molecule has 1 aromatic heterocycles. The van der Waals surface area contributed by atoms with Crippen LogP contribution in [0.3, 0.4) is 0 Å². The highest BCUT2D eigenvalue weighted by Gasteiger charge is 2.65. The molecule has 45 heavy (non-hydrogen) atoms. The summed E-state index contributed by atoms with van der Waals surface area (Å²) in [4.78, 5) is 30.3. The zero-order valence-corrected chi connectivity index (χ0v) is 23.7. The van der Waals surface area contributed by atoms with Crippen LogP contribution in [0.1, 0.15) is 43.7 Å². The Morgan fingerprint density at radius 3 is 2.24 bits per heavy atom. The average molecular weight is 678 g/mol. The summed E-state index contributed by atoms with van der Waals surface area (Å²) >= 11 is 0. The van der Waals surface area contributed by atoms with Crippen molar-refractivity contribution in [3.8, 4) is 6.19 Å². The molecule has 1 aliphatic heterocycles. The zero-order chi connectivity index (χ0) is 33.4. The lowest BCUT2D eigenvalue weighted by Gasteiger charge is -2.41. The van der Waals surface area contributed by atoms with Gasteiger partial charge in [-0.05, 0) is 43.2 Å². The molecule has 2 aliphatic rings. The third-order valence-corrected chi connectivity index (χ3v) is 8.54. The molecule has 1 saturated heterocycles. The average Bonchev–Trinajstić information content (AvgIpc) is 3.33. The number of likely N-dealkylation sites (tertiary alicyclic amines) is 1. The second-order valence-electron chi connectivity index (χ2n) is 10.7. The molecule has 2 aromatic rings. The van der Waals surface area contributed by atoms with Gasteiger partial charge in [-0.15, -0.1) is 0 Å². The summed E-state index contributed by atoms with van der Waals surface area (Å²) in [5.41, 5.74) is -0.984. The molecule has 0 bridgehead atoms. The fourth-order valence-corrected chi connectivity index (χ4v) is 5.92. The summed E-state index contributed by atoms with van der Waals surface area (Å²) in [6.45, 7) is -3.83. The van der Waals surface area contributed by atoms with Crippen molar-refractivity contribution in [2.45, 2.75) is 73.8 Å². The molecule has 1 aromatic carbocycles. The van der Waals surface area contributed by atoms with E-state index in [0.29, 0.717) is 21.9 Å². The van der Waals surface area contributed by atoms with Crippen LogP contribution in [0.15, 0.2) is 47.6 Å². The molecule has 1 N–H and O–H groups in total. The van der Waals surface area contributed by atoms with E-state index in [0.717, 1.165) is 18.5 Å². The fourth-order valence-electron chi connectivity index (χ4n) is 5.27. The molecule has 1 aliphatic carbocycles. The van der Waals surface area contributed by atoms with E-state index in [-0.39, 0.29) is 30.5 Å². The summed E-state index contributed by atoms with van der Waals surface area (Å²) in [5.74, 6) is -6.42. The fraction of sp³-hybridized carbons (Fsp3) is 0.462. The van der Waals surface area contributed by atoms with Gasteiger partial charge in [0.1, 0.15) is 22.8 Å². The molecule has 8 nitrogen and oxygen atoms in total. The molecule has 3 atom stereocenters. The van der Waals surface area contributed by atoms with Crippen molar-refractivity contribution in [1.82, 2.24) is 15.2 Å². The van der Waals surface area contributed by atoms with Gasteiger partial charge in [0.2, 0.25) is 11.8 Å². The largest absolute Gasteiger partial charge is 0.351 e. The van der Waals surface area contributed by atoms with Crippen molar-refractivity contribution in [3.05, 3.63) is 54.1 Å². The lowest BCUT2D eigenvalue weighted by molar-refractivity contribution is -0.158. The number of nitrogens with one attached hydrogen (secondary N) is 1. The number of benzene rings is 1. The number of hydrogen-bond donors (Lipinski definition) is 1. The highest BCUT2D eigenvalue weighted by molar-refractivity contribution is 8.45. The predicted octanol–water partition coefficient (Wildman–Crippen LogP) is 6.81. The van der Waals surface area contributed by atoms with Gasteiger partial charge in [0.05, 0.1) is 18.8 Å². The van der Waals surface area contributed by atoms with Crippen LogP contribution in [0.25, 0.3) is 0 Å². The number of aromatic nitrogens is 1. The van der Waals surface area contributed by atoms with Gasteiger partial charge in [0, 0.05) is 42.8 Å². The molecular formula is C26H25F10N5O3S. The zero-order valence-electron chi connectivity index (χ0n) is 22.9. The van der Waals surface area contributed by atoms with E-state index in [4.69, 9.17) is 0 Å². The molecule has 2 heterocycles. The van der Waals surface area contributed by atoms with Gasteiger partial charge in [0.25, 0.3) is 5.91 Å². The number of rotatable bonds is 9. The number of halogens is 10. The Morgan fingerprint density at radius 1 is 1.09 bits per heavy atom. The van der Waals surface area contributed by atoms with Crippen LogP contribution < -0.4 is 10.2 Å². The predicted molar refractivity (Wildman–Crippen MR) is 139 cm³/mol. The first-order valence-corrected chi connectivity index (χ1v) is 15.2. The van der Waals surface area contributed by atoms with Crippen LogP contribution in [0.2, 0.25) is 0 Å². The number of amides is 2. The van der Waals surface area contributed by atoms with Crippen molar-refractivity contribution in [3.63, 3.8) is 0 Å². The smallest absolute Gasteiger partial charge is 0.345 e. The Bertz CT molecular complexity index is 1460. The van der Waals surface area contributed by atoms with Gasteiger partial charge in [-0.1, -0.05) is 19.4 Å². The van der Waals surface area contributed by atoms with Crippen LogP contribution >= 0.6 is 10.2 Å². The quantitative estimate of drug-likeness (QED) is 0.232. The lowest BCUT2D eigenvalue weighted by atomic mass is 9.91.